The van der Waals surface area contributed by atoms with Crippen molar-refractivity contribution in [2.45, 2.75) is 45.1 Å². The summed E-state index contributed by atoms with van der Waals surface area (Å²) in [6, 6.07) is 0.476. The molecular weight excluding hydrogens is 214 g/mol. The van der Waals surface area contributed by atoms with Crippen LogP contribution >= 0.6 is 0 Å². The second kappa shape index (κ2) is 6.24. The molecule has 0 bridgehead atoms. The van der Waals surface area contributed by atoms with Gasteiger partial charge in [-0.25, -0.2) is 4.79 Å². The number of carbonyl (C=O) groups excluding carboxylic acids is 1. The fourth-order valence-corrected chi connectivity index (χ4v) is 2.53. The van der Waals surface area contributed by atoms with Crippen LogP contribution in [-0.2, 0) is 0 Å². The molecule has 2 aliphatic rings. The lowest BCUT2D eigenvalue weighted by atomic mass is 9.93. The Hall–Kier alpha value is -0.770. The molecule has 2 fully saturated rings. The highest BCUT2D eigenvalue weighted by molar-refractivity contribution is 5.74. The number of hydrogen-bond donors (Lipinski definition) is 2. The van der Waals surface area contributed by atoms with Crippen molar-refractivity contribution in [3.8, 4) is 0 Å². The van der Waals surface area contributed by atoms with Gasteiger partial charge in [-0.1, -0.05) is 6.92 Å². The Morgan fingerprint density at radius 1 is 1.24 bits per heavy atom. The molecule has 1 saturated carbocycles. The van der Waals surface area contributed by atoms with Crippen LogP contribution in [0.5, 0.6) is 0 Å². The minimum absolute atomic E-state index is 0.0348. The summed E-state index contributed by atoms with van der Waals surface area (Å²) in [5, 5.41) is 6.03. The molecule has 1 saturated heterocycles. The minimum atomic E-state index is 0.0348. The molecule has 98 valence electrons. The first kappa shape index (κ1) is 12.7. The average molecular weight is 239 g/mol. The Labute approximate surface area is 104 Å². The van der Waals surface area contributed by atoms with E-state index in [0.717, 1.165) is 25.9 Å². The zero-order chi connectivity index (χ0) is 12.1. The van der Waals surface area contributed by atoms with E-state index in [0.29, 0.717) is 12.0 Å². The Kier molecular flexibility index (Phi) is 4.66. The molecule has 2 amide bonds. The van der Waals surface area contributed by atoms with E-state index in [4.69, 9.17) is 0 Å². The number of piperidine rings is 1. The van der Waals surface area contributed by atoms with E-state index in [-0.39, 0.29) is 6.03 Å². The van der Waals surface area contributed by atoms with Crippen LogP contribution in [0.4, 0.5) is 4.79 Å². The average Bonchev–Trinajstić information content (AvgIpc) is 2.32. The molecule has 0 radical (unpaired) electrons. The zero-order valence-electron chi connectivity index (χ0n) is 10.9. The molecule has 0 aromatic carbocycles. The van der Waals surface area contributed by atoms with Gasteiger partial charge < -0.3 is 15.5 Å². The monoisotopic (exact) mass is 239 g/mol. The molecule has 0 spiro atoms. The van der Waals surface area contributed by atoms with E-state index in [1.54, 1.807) is 0 Å². The van der Waals surface area contributed by atoms with Crippen LogP contribution in [0.25, 0.3) is 0 Å². The molecule has 0 unspecified atom stereocenters. The summed E-state index contributed by atoms with van der Waals surface area (Å²) >= 11 is 0. The predicted octanol–water partition coefficient (Wildman–Crippen LogP) is 1.57. The van der Waals surface area contributed by atoms with Crippen molar-refractivity contribution in [2.24, 2.45) is 5.92 Å². The second-order valence-corrected chi connectivity index (χ2v) is 5.36. The van der Waals surface area contributed by atoms with Gasteiger partial charge in [0.25, 0.3) is 0 Å². The Morgan fingerprint density at radius 3 is 2.47 bits per heavy atom. The van der Waals surface area contributed by atoms with Crippen molar-refractivity contribution in [1.29, 1.82) is 0 Å². The van der Waals surface area contributed by atoms with Crippen LogP contribution in [0.1, 0.15) is 39.0 Å². The predicted molar refractivity (Wildman–Crippen MR) is 69.0 cm³/mol. The number of amides is 2. The number of nitrogens with one attached hydrogen (secondary N) is 2. The van der Waals surface area contributed by atoms with Gasteiger partial charge in [-0.2, -0.15) is 0 Å². The minimum Gasteiger partial charge on any atom is -0.338 e. The highest BCUT2D eigenvalue weighted by Gasteiger charge is 2.21. The molecule has 2 N–H and O–H groups in total. The van der Waals surface area contributed by atoms with Crippen LogP contribution in [0.15, 0.2) is 0 Å². The summed E-state index contributed by atoms with van der Waals surface area (Å²) in [5.74, 6) is 0.671. The molecule has 4 heteroatoms. The van der Waals surface area contributed by atoms with E-state index in [2.05, 4.69) is 22.5 Å². The van der Waals surface area contributed by atoms with E-state index in [1.807, 2.05) is 0 Å². The van der Waals surface area contributed by atoms with Crippen LogP contribution in [0, 0.1) is 5.92 Å². The summed E-state index contributed by atoms with van der Waals surface area (Å²) in [6.45, 7) is 6.59. The molecule has 4 nitrogen and oxygen atoms in total. The number of carbonyl (C=O) groups is 1. The normalized spacial score (nSPS) is 23.1. The number of nitrogens with zero attached hydrogens (tertiary/aromatic N) is 1. The van der Waals surface area contributed by atoms with E-state index >= 15 is 0 Å². The zero-order valence-corrected chi connectivity index (χ0v) is 10.9. The molecule has 0 atom stereocenters. The third-order valence-corrected chi connectivity index (χ3v) is 4.15. The highest BCUT2D eigenvalue weighted by Crippen LogP contribution is 2.18. The Morgan fingerprint density at radius 2 is 1.94 bits per heavy atom. The maximum absolute atomic E-state index is 11.6. The van der Waals surface area contributed by atoms with Crippen molar-refractivity contribution >= 4 is 6.03 Å². The van der Waals surface area contributed by atoms with E-state index in [1.165, 1.54) is 32.4 Å². The molecule has 17 heavy (non-hydrogen) atoms. The number of likely N-dealkylation sites (tertiary alicyclic amines) is 1. The van der Waals surface area contributed by atoms with Crippen LogP contribution in [0.3, 0.4) is 0 Å². The summed E-state index contributed by atoms with van der Waals surface area (Å²) in [4.78, 5) is 14.1. The lowest BCUT2D eigenvalue weighted by Crippen LogP contribution is -2.47. The van der Waals surface area contributed by atoms with Crippen LogP contribution in [0.2, 0.25) is 0 Å². The van der Waals surface area contributed by atoms with Gasteiger partial charge in [0.15, 0.2) is 0 Å². The Bertz CT molecular complexity index is 245. The van der Waals surface area contributed by atoms with Crippen molar-refractivity contribution in [3.05, 3.63) is 0 Å². The fourth-order valence-electron chi connectivity index (χ4n) is 2.53. The summed E-state index contributed by atoms with van der Waals surface area (Å²) in [7, 11) is 0. The largest absolute Gasteiger partial charge is 0.338 e. The summed E-state index contributed by atoms with van der Waals surface area (Å²) in [5.41, 5.74) is 0. The lowest BCUT2D eigenvalue weighted by Gasteiger charge is -2.31. The summed E-state index contributed by atoms with van der Waals surface area (Å²) in [6.07, 6.45) is 6.01. The molecule has 1 aliphatic heterocycles. The molecule has 0 aromatic rings. The van der Waals surface area contributed by atoms with Crippen molar-refractivity contribution in [1.82, 2.24) is 15.5 Å². The topological polar surface area (TPSA) is 44.4 Å². The Balaban J connectivity index is 1.56. The van der Waals surface area contributed by atoms with Gasteiger partial charge in [-0.3, -0.25) is 0 Å². The van der Waals surface area contributed by atoms with E-state index < -0.39 is 0 Å². The van der Waals surface area contributed by atoms with Gasteiger partial charge in [0.05, 0.1) is 0 Å². The van der Waals surface area contributed by atoms with E-state index in [9.17, 15) is 4.79 Å². The number of urea groups is 1. The smallest absolute Gasteiger partial charge is 0.315 e. The first-order valence-corrected chi connectivity index (χ1v) is 7.04. The number of hydrogen-bond acceptors (Lipinski definition) is 2. The highest BCUT2D eigenvalue weighted by atomic mass is 16.2. The molecule has 1 heterocycles. The van der Waals surface area contributed by atoms with Crippen molar-refractivity contribution in [3.63, 3.8) is 0 Å². The van der Waals surface area contributed by atoms with Gasteiger partial charge in [0, 0.05) is 12.6 Å². The molecule has 2 rings (SSSR count). The van der Waals surface area contributed by atoms with Gasteiger partial charge in [0.1, 0.15) is 0 Å². The number of rotatable bonds is 4. The lowest BCUT2D eigenvalue weighted by molar-refractivity contribution is 0.187. The molecular formula is C13H25N3O. The fraction of sp³-hybridized carbons (Fsp3) is 0.923. The van der Waals surface area contributed by atoms with Gasteiger partial charge in [-0.05, 0) is 57.7 Å². The maximum Gasteiger partial charge on any atom is 0.315 e. The first-order chi connectivity index (χ1) is 8.28. The SMILES string of the molecule is CCN1CCC(CNC(=O)NC2CCC2)CC1. The molecule has 1 aliphatic carbocycles. The second-order valence-electron chi connectivity index (χ2n) is 5.36. The van der Waals surface area contributed by atoms with Gasteiger partial charge in [-0.15, -0.1) is 0 Å². The van der Waals surface area contributed by atoms with Crippen LogP contribution < -0.4 is 10.6 Å². The van der Waals surface area contributed by atoms with Gasteiger partial charge >= 0.3 is 6.03 Å². The van der Waals surface area contributed by atoms with Crippen LogP contribution in [-0.4, -0.2) is 43.2 Å². The first-order valence-electron chi connectivity index (χ1n) is 7.04. The standard InChI is InChI=1S/C13H25N3O/c1-2-16-8-6-11(7-9-16)10-14-13(17)15-12-4-3-5-12/h11-12H,2-10H2,1H3,(H2,14,15,17). The quantitative estimate of drug-likeness (QED) is 0.782. The van der Waals surface area contributed by atoms with Crippen molar-refractivity contribution in [2.75, 3.05) is 26.2 Å². The third-order valence-electron chi connectivity index (χ3n) is 4.15. The third kappa shape index (κ3) is 3.87. The molecule has 0 aromatic heterocycles. The van der Waals surface area contributed by atoms with Gasteiger partial charge in [0.2, 0.25) is 0 Å². The van der Waals surface area contributed by atoms with Crippen molar-refractivity contribution < 1.29 is 4.79 Å². The maximum atomic E-state index is 11.6. The summed E-state index contributed by atoms with van der Waals surface area (Å²) < 4.78 is 0.